The quantitative estimate of drug-likeness (QED) is 0.244. The molecule has 0 radical (unpaired) electrons. The van der Waals surface area contributed by atoms with Crippen LogP contribution in [0, 0.1) is 11.6 Å². The summed E-state index contributed by atoms with van der Waals surface area (Å²) in [5.74, 6) is -1.65. The number of benzene rings is 2. The molecular formula is C29H25F5N6. The fraction of sp³-hybridized carbons (Fsp3) is 0.276. The number of H-pyrrole nitrogens is 1. The highest BCUT2D eigenvalue weighted by molar-refractivity contribution is 5.95. The fourth-order valence-electron chi connectivity index (χ4n) is 5.51. The molecule has 206 valence electrons. The summed E-state index contributed by atoms with van der Waals surface area (Å²) < 4.78 is 70.9. The van der Waals surface area contributed by atoms with E-state index >= 15 is 0 Å². The zero-order valence-electron chi connectivity index (χ0n) is 21.8. The highest BCUT2D eigenvalue weighted by atomic mass is 19.4. The molecule has 3 aromatic heterocycles. The molecule has 0 spiro atoms. The first-order chi connectivity index (χ1) is 19.2. The highest BCUT2D eigenvalue weighted by Gasteiger charge is 2.34. The average molecular weight is 553 g/mol. The Bertz CT molecular complexity index is 1710. The fourth-order valence-corrected chi connectivity index (χ4v) is 5.51. The Morgan fingerprint density at radius 3 is 2.40 bits per heavy atom. The van der Waals surface area contributed by atoms with Crippen molar-refractivity contribution in [3.63, 3.8) is 0 Å². The number of pyridine rings is 1. The van der Waals surface area contributed by atoms with E-state index in [4.69, 9.17) is 5.10 Å². The molecular weight excluding hydrogens is 527 g/mol. The van der Waals surface area contributed by atoms with Gasteiger partial charge >= 0.3 is 6.18 Å². The van der Waals surface area contributed by atoms with Gasteiger partial charge in [0.05, 0.1) is 28.8 Å². The van der Waals surface area contributed by atoms with Crippen LogP contribution in [0.4, 0.5) is 27.8 Å². The van der Waals surface area contributed by atoms with Gasteiger partial charge in [-0.15, -0.1) is 0 Å². The van der Waals surface area contributed by atoms with Gasteiger partial charge < -0.3 is 4.90 Å². The number of hydrogen-bond acceptors (Lipinski definition) is 4. The Kier molecular flexibility index (Phi) is 6.31. The topological polar surface area (TPSA) is 62.6 Å². The molecule has 0 atom stereocenters. The molecule has 1 aliphatic rings. The van der Waals surface area contributed by atoms with E-state index in [1.165, 1.54) is 6.07 Å². The number of aromatic nitrogens is 5. The van der Waals surface area contributed by atoms with Gasteiger partial charge in [0.15, 0.2) is 11.6 Å². The van der Waals surface area contributed by atoms with Gasteiger partial charge in [-0.05, 0) is 42.2 Å². The second-order valence-corrected chi connectivity index (χ2v) is 9.77. The van der Waals surface area contributed by atoms with E-state index in [-0.39, 0.29) is 17.9 Å². The van der Waals surface area contributed by atoms with Crippen molar-refractivity contribution in [3.8, 4) is 16.9 Å². The van der Waals surface area contributed by atoms with Gasteiger partial charge in [-0.1, -0.05) is 32.0 Å². The third-order valence-corrected chi connectivity index (χ3v) is 7.48. The van der Waals surface area contributed by atoms with Gasteiger partial charge in [0.1, 0.15) is 11.3 Å². The first kappa shape index (κ1) is 26.0. The van der Waals surface area contributed by atoms with E-state index in [2.05, 4.69) is 29.0 Å². The summed E-state index contributed by atoms with van der Waals surface area (Å²) >= 11 is 0. The molecule has 0 amide bonds. The maximum Gasteiger partial charge on any atom is 0.417 e. The number of anilines is 1. The minimum atomic E-state index is -4.70. The molecule has 6 rings (SSSR count). The summed E-state index contributed by atoms with van der Waals surface area (Å²) in [7, 11) is 0. The van der Waals surface area contributed by atoms with Gasteiger partial charge in [0.2, 0.25) is 0 Å². The van der Waals surface area contributed by atoms with E-state index < -0.39 is 23.4 Å². The molecule has 40 heavy (non-hydrogen) atoms. The number of nitrogens with one attached hydrogen (secondary N) is 1. The number of alkyl halides is 3. The number of aromatic amines is 1. The first-order valence-corrected chi connectivity index (χ1v) is 13.0. The average Bonchev–Trinajstić information content (AvgIpc) is 3.58. The molecule has 6 nitrogen and oxygen atoms in total. The number of fused-ring (bicyclic) bond motifs is 2. The molecule has 2 aromatic carbocycles. The van der Waals surface area contributed by atoms with E-state index in [0.29, 0.717) is 41.9 Å². The molecule has 5 aromatic rings. The van der Waals surface area contributed by atoms with Crippen molar-refractivity contribution >= 4 is 16.7 Å². The second-order valence-electron chi connectivity index (χ2n) is 9.77. The third kappa shape index (κ3) is 4.20. The maximum absolute atomic E-state index is 15.0. The smallest absolute Gasteiger partial charge is 0.349 e. The summed E-state index contributed by atoms with van der Waals surface area (Å²) in [6, 6.07) is 9.62. The van der Waals surface area contributed by atoms with E-state index in [1.807, 2.05) is 22.9 Å². The van der Waals surface area contributed by atoms with Crippen molar-refractivity contribution in [1.29, 1.82) is 0 Å². The molecule has 1 aliphatic heterocycles. The van der Waals surface area contributed by atoms with Crippen LogP contribution in [0.1, 0.15) is 41.8 Å². The Balaban J connectivity index is 1.56. The van der Waals surface area contributed by atoms with Crippen LogP contribution in [0.25, 0.3) is 27.8 Å². The standard InChI is InChI=1S/C29H25F5N6/c1-3-16-6-5-7-17(4-2)26(16)40-27(19-8-9-22(30)25-20(19)14-36-37-25)21-15-39(11-10-24(21)38-40)28-23(31)12-18(13-35-28)29(32,33)34/h5-9,12-14H,3-4,10-11,15H2,1-2H3,(H,36,37). The number of hydrogen-bond donors (Lipinski definition) is 1. The lowest BCUT2D eigenvalue weighted by molar-refractivity contribution is -0.138. The second kappa shape index (κ2) is 9.72. The zero-order chi connectivity index (χ0) is 28.2. The van der Waals surface area contributed by atoms with Crippen LogP contribution >= 0.6 is 0 Å². The SMILES string of the molecule is CCc1cccc(CC)c1-n1nc2c(c1-c1ccc(F)c3[nH]ncc13)CN(c1ncc(C(F)(F)F)cc1F)CC2. The van der Waals surface area contributed by atoms with Crippen LogP contribution in [0.5, 0.6) is 0 Å². The van der Waals surface area contributed by atoms with Crippen LogP contribution in [0.15, 0.2) is 48.8 Å². The summed E-state index contributed by atoms with van der Waals surface area (Å²) in [6.07, 6.45) is -0.560. The van der Waals surface area contributed by atoms with Crippen molar-refractivity contribution in [2.45, 2.75) is 45.8 Å². The molecule has 11 heteroatoms. The van der Waals surface area contributed by atoms with Crippen LogP contribution < -0.4 is 4.90 Å². The number of aryl methyl sites for hydroxylation is 2. The highest BCUT2D eigenvalue weighted by Crippen LogP contribution is 2.40. The molecule has 0 aliphatic carbocycles. The lowest BCUT2D eigenvalue weighted by atomic mass is 9.97. The van der Waals surface area contributed by atoms with Crippen molar-refractivity contribution in [2.75, 3.05) is 11.4 Å². The predicted octanol–water partition coefficient (Wildman–Crippen LogP) is 6.80. The van der Waals surface area contributed by atoms with Gasteiger partial charge in [0, 0.05) is 42.2 Å². The van der Waals surface area contributed by atoms with E-state index in [0.717, 1.165) is 40.9 Å². The summed E-state index contributed by atoms with van der Waals surface area (Å²) in [4.78, 5) is 5.48. The molecule has 0 fully saturated rings. The Labute approximate surface area is 226 Å². The Morgan fingerprint density at radius 2 is 1.73 bits per heavy atom. The van der Waals surface area contributed by atoms with Crippen LogP contribution in [0.3, 0.4) is 0 Å². The molecule has 1 N–H and O–H groups in total. The van der Waals surface area contributed by atoms with Crippen molar-refractivity contribution in [2.24, 2.45) is 0 Å². The lowest BCUT2D eigenvalue weighted by Crippen LogP contribution is -2.32. The molecule has 4 heterocycles. The molecule has 0 unspecified atom stereocenters. The normalized spacial score (nSPS) is 13.7. The van der Waals surface area contributed by atoms with Gasteiger partial charge in [0.25, 0.3) is 0 Å². The Hall–Kier alpha value is -4.28. The summed E-state index contributed by atoms with van der Waals surface area (Å²) in [5, 5.41) is 12.4. The number of nitrogens with zero attached hydrogens (tertiary/aromatic N) is 5. The van der Waals surface area contributed by atoms with Crippen LogP contribution in [-0.2, 0) is 32.0 Å². The van der Waals surface area contributed by atoms with Gasteiger partial charge in [-0.25, -0.2) is 18.4 Å². The predicted molar refractivity (Wildman–Crippen MR) is 141 cm³/mol. The van der Waals surface area contributed by atoms with E-state index in [1.54, 1.807) is 17.2 Å². The van der Waals surface area contributed by atoms with Crippen molar-refractivity contribution in [3.05, 3.63) is 88.4 Å². The summed E-state index contributed by atoms with van der Waals surface area (Å²) in [6.45, 7) is 4.61. The van der Waals surface area contributed by atoms with Crippen LogP contribution in [-0.4, -0.2) is 31.5 Å². The zero-order valence-corrected chi connectivity index (χ0v) is 21.8. The van der Waals surface area contributed by atoms with Crippen molar-refractivity contribution in [1.82, 2.24) is 25.0 Å². The molecule has 0 bridgehead atoms. The Morgan fingerprint density at radius 1 is 0.975 bits per heavy atom. The maximum atomic E-state index is 15.0. The number of halogens is 5. The third-order valence-electron chi connectivity index (χ3n) is 7.48. The van der Waals surface area contributed by atoms with Crippen LogP contribution in [0.2, 0.25) is 0 Å². The van der Waals surface area contributed by atoms with Gasteiger partial charge in [-0.2, -0.15) is 23.4 Å². The number of rotatable bonds is 5. The minimum absolute atomic E-state index is 0.159. The van der Waals surface area contributed by atoms with Gasteiger partial charge in [-0.3, -0.25) is 5.10 Å². The van der Waals surface area contributed by atoms with E-state index in [9.17, 15) is 22.0 Å². The largest absolute Gasteiger partial charge is 0.417 e. The first-order valence-electron chi connectivity index (χ1n) is 13.0. The monoisotopic (exact) mass is 552 g/mol. The number of para-hydroxylation sites is 1. The lowest BCUT2D eigenvalue weighted by Gasteiger charge is -2.28. The molecule has 0 saturated carbocycles. The molecule has 0 saturated heterocycles. The minimum Gasteiger partial charge on any atom is -0.349 e. The van der Waals surface area contributed by atoms with Crippen molar-refractivity contribution < 1.29 is 22.0 Å². The summed E-state index contributed by atoms with van der Waals surface area (Å²) in [5.41, 5.74) is 5.16.